The number of anilines is 3. The first-order valence-electron chi connectivity index (χ1n) is 22.7. The lowest BCUT2D eigenvalue weighted by Crippen LogP contribution is -2.32. The van der Waals surface area contributed by atoms with E-state index in [-0.39, 0.29) is 0 Å². The van der Waals surface area contributed by atoms with Crippen LogP contribution in [0.3, 0.4) is 0 Å². The lowest BCUT2D eigenvalue weighted by molar-refractivity contribution is 0.436. The van der Waals surface area contributed by atoms with Crippen molar-refractivity contribution in [3.63, 3.8) is 0 Å². The molecule has 2 spiro atoms. The van der Waals surface area contributed by atoms with E-state index in [0.717, 1.165) is 84.3 Å². The van der Waals surface area contributed by atoms with Crippen molar-refractivity contribution in [1.29, 1.82) is 0 Å². The Morgan fingerprint density at radius 2 is 0.773 bits per heavy atom. The highest BCUT2D eigenvalue weighted by Gasteiger charge is 2.53. The molecule has 10 aromatic carbocycles. The molecular formula is C62H37NO3. The number of nitrogens with zero attached hydrogens (tertiary/aromatic N) is 1. The van der Waals surface area contributed by atoms with Gasteiger partial charge in [-0.2, -0.15) is 0 Å². The standard InChI is InChI=1S/C62H37NO3/c1-4-21-44-39(17-1)43-37-38(35-36-46(43)61(44)47-23-6-11-31-55(47)64-56-32-12-7-24-48(56)61)63(53-29-15-20-41-40-18-3-10-30-54(40)66-60(41)53)52-28-16-27-51-59(52)42-19-2-5-22-45(42)62(51)49-25-8-13-33-57(49)65-58-34-14-9-26-50(58)62/h1-37H. The first-order chi connectivity index (χ1) is 32.7. The van der Waals surface area contributed by atoms with E-state index in [4.69, 9.17) is 13.9 Å². The fourth-order valence-corrected chi connectivity index (χ4v) is 12.4. The van der Waals surface area contributed by atoms with Gasteiger partial charge in [-0.25, -0.2) is 0 Å². The van der Waals surface area contributed by atoms with Crippen molar-refractivity contribution < 1.29 is 13.9 Å². The Hall–Kier alpha value is -8.60. The van der Waals surface area contributed by atoms with Gasteiger partial charge >= 0.3 is 0 Å². The molecule has 0 saturated heterocycles. The van der Waals surface area contributed by atoms with Gasteiger partial charge in [0.15, 0.2) is 5.58 Å². The molecule has 4 heteroatoms. The van der Waals surface area contributed by atoms with Gasteiger partial charge in [0.2, 0.25) is 0 Å². The summed E-state index contributed by atoms with van der Waals surface area (Å²) < 4.78 is 20.3. The fourth-order valence-electron chi connectivity index (χ4n) is 12.4. The highest BCUT2D eigenvalue weighted by atomic mass is 16.5. The Balaban J connectivity index is 1.05. The molecule has 66 heavy (non-hydrogen) atoms. The number of hydrogen-bond acceptors (Lipinski definition) is 4. The molecule has 3 heterocycles. The van der Waals surface area contributed by atoms with E-state index in [0.29, 0.717) is 0 Å². The van der Waals surface area contributed by atoms with Gasteiger partial charge in [0.1, 0.15) is 28.6 Å². The van der Waals surface area contributed by atoms with E-state index in [1.807, 2.05) is 6.07 Å². The second-order valence-corrected chi connectivity index (χ2v) is 17.8. The SMILES string of the molecule is c1ccc2c(c1)Oc1ccccc1C21c2ccccc2-c2cc(N(c3cccc4c3-c3ccccc3C43c4ccccc4Oc4ccccc43)c3cccc4c3oc3ccccc34)ccc21. The first kappa shape index (κ1) is 35.8. The van der Waals surface area contributed by atoms with Crippen LogP contribution in [0.4, 0.5) is 17.1 Å². The highest BCUT2D eigenvalue weighted by molar-refractivity contribution is 6.11. The van der Waals surface area contributed by atoms with Crippen molar-refractivity contribution in [3.8, 4) is 45.3 Å². The van der Waals surface area contributed by atoms with Crippen molar-refractivity contribution >= 4 is 39.0 Å². The van der Waals surface area contributed by atoms with E-state index in [1.165, 1.54) is 44.5 Å². The van der Waals surface area contributed by atoms with Gasteiger partial charge in [0.25, 0.3) is 0 Å². The van der Waals surface area contributed by atoms with E-state index in [9.17, 15) is 0 Å². The molecule has 15 rings (SSSR count). The summed E-state index contributed by atoms with van der Waals surface area (Å²) in [5.74, 6) is 3.50. The maximum absolute atomic E-state index is 6.94. The number of hydrogen-bond donors (Lipinski definition) is 0. The van der Waals surface area contributed by atoms with Gasteiger partial charge in [-0.05, 0) is 93.5 Å². The summed E-state index contributed by atoms with van der Waals surface area (Å²) >= 11 is 0. The number of furan rings is 1. The maximum Gasteiger partial charge on any atom is 0.159 e. The molecule has 0 radical (unpaired) electrons. The quantitative estimate of drug-likeness (QED) is 0.177. The number of para-hydroxylation sites is 6. The maximum atomic E-state index is 6.94. The van der Waals surface area contributed by atoms with Crippen LogP contribution in [-0.4, -0.2) is 0 Å². The summed E-state index contributed by atoms with van der Waals surface area (Å²) in [5, 5.41) is 2.17. The Labute approximate surface area is 381 Å². The van der Waals surface area contributed by atoms with Crippen LogP contribution in [0.1, 0.15) is 44.5 Å². The molecule has 0 bridgehead atoms. The zero-order valence-electron chi connectivity index (χ0n) is 35.5. The molecular weight excluding hydrogens is 807 g/mol. The molecule has 0 saturated carbocycles. The minimum absolute atomic E-state index is 0.581. The van der Waals surface area contributed by atoms with Crippen molar-refractivity contribution in [2.24, 2.45) is 0 Å². The average molecular weight is 844 g/mol. The van der Waals surface area contributed by atoms with Gasteiger partial charge in [0.05, 0.1) is 22.2 Å². The van der Waals surface area contributed by atoms with E-state index >= 15 is 0 Å². The molecule has 0 fully saturated rings. The monoisotopic (exact) mass is 843 g/mol. The van der Waals surface area contributed by atoms with Crippen molar-refractivity contribution in [3.05, 3.63) is 269 Å². The summed E-state index contributed by atoms with van der Waals surface area (Å²) in [5.41, 5.74) is 17.8. The minimum atomic E-state index is -0.627. The molecule has 0 N–H and O–H groups in total. The third-order valence-corrected chi connectivity index (χ3v) is 14.8. The topological polar surface area (TPSA) is 34.8 Å². The summed E-state index contributed by atoms with van der Waals surface area (Å²) in [6, 6.07) is 81.1. The van der Waals surface area contributed by atoms with Crippen LogP contribution < -0.4 is 14.4 Å². The average Bonchev–Trinajstić information content (AvgIpc) is 4.00. The normalized spacial score (nSPS) is 14.5. The molecule has 308 valence electrons. The third-order valence-electron chi connectivity index (χ3n) is 14.8. The number of benzene rings is 10. The minimum Gasteiger partial charge on any atom is -0.457 e. The van der Waals surface area contributed by atoms with Crippen LogP contribution in [-0.2, 0) is 10.8 Å². The molecule has 2 aliphatic carbocycles. The summed E-state index contributed by atoms with van der Waals surface area (Å²) in [6.45, 7) is 0. The van der Waals surface area contributed by atoms with Crippen molar-refractivity contribution in [2.75, 3.05) is 4.90 Å². The van der Waals surface area contributed by atoms with Crippen LogP contribution in [0.5, 0.6) is 23.0 Å². The van der Waals surface area contributed by atoms with E-state index < -0.39 is 10.8 Å². The smallest absolute Gasteiger partial charge is 0.159 e. The van der Waals surface area contributed by atoms with Crippen LogP contribution in [0.15, 0.2) is 229 Å². The van der Waals surface area contributed by atoms with E-state index in [1.54, 1.807) is 0 Å². The summed E-state index contributed by atoms with van der Waals surface area (Å²) in [6.07, 6.45) is 0. The first-order valence-corrected chi connectivity index (χ1v) is 22.7. The van der Waals surface area contributed by atoms with Gasteiger partial charge in [-0.3, -0.25) is 0 Å². The molecule has 0 amide bonds. The van der Waals surface area contributed by atoms with E-state index in [2.05, 4.69) is 223 Å². The van der Waals surface area contributed by atoms with Crippen LogP contribution in [0, 0.1) is 0 Å². The predicted molar refractivity (Wildman–Crippen MR) is 263 cm³/mol. The summed E-state index contributed by atoms with van der Waals surface area (Å²) in [4.78, 5) is 2.45. The lowest BCUT2D eigenvalue weighted by atomic mass is 9.66. The van der Waals surface area contributed by atoms with Gasteiger partial charge < -0.3 is 18.8 Å². The Morgan fingerprint density at radius 3 is 1.42 bits per heavy atom. The van der Waals surface area contributed by atoms with Gasteiger partial charge in [-0.1, -0.05) is 170 Å². The molecule has 4 aliphatic rings. The third kappa shape index (κ3) is 4.38. The number of rotatable bonds is 3. The van der Waals surface area contributed by atoms with Crippen LogP contribution >= 0.6 is 0 Å². The molecule has 2 aliphatic heterocycles. The Morgan fingerprint density at radius 1 is 0.318 bits per heavy atom. The molecule has 11 aromatic rings. The Kier molecular flexibility index (Phi) is 7.05. The molecule has 4 nitrogen and oxygen atoms in total. The zero-order chi connectivity index (χ0) is 43.1. The second-order valence-electron chi connectivity index (χ2n) is 17.8. The number of ether oxygens (including phenoxy) is 2. The second kappa shape index (κ2) is 13.0. The Bertz CT molecular complexity index is 3790. The molecule has 0 atom stereocenters. The van der Waals surface area contributed by atoms with Crippen LogP contribution in [0.25, 0.3) is 44.2 Å². The van der Waals surface area contributed by atoms with Gasteiger partial charge in [-0.15, -0.1) is 0 Å². The molecule has 1 aromatic heterocycles. The zero-order valence-corrected chi connectivity index (χ0v) is 35.5. The largest absolute Gasteiger partial charge is 0.457 e. The summed E-state index contributed by atoms with van der Waals surface area (Å²) in [7, 11) is 0. The number of fused-ring (bicyclic) bond motifs is 21. The lowest BCUT2D eigenvalue weighted by Gasteiger charge is -2.39. The predicted octanol–water partition coefficient (Wildman–Crippen LogP) is 16.0. The van der Waals surface area contributed by atoms with Crippen molar-refractivity contribution in [2.45, 2.75) is 10.8 Å². The molecule has 0 unspecified atom stereocenters. The van der Waals surface area contributed by atoms with Gasteiger partial charge in [0, 0.05) is 44.3 Å². The fraction of sp³-hybridized carbons (Fsp3) is 0.0323. The van der Waals surface area contributed by atoms with Crippen LogP contribution in [0.2, 0.25) is 0 Å². The van der Waals surface area contributed by atoms with Crippen molar-refractivity contribution in [1.82, 2.24) is 0 Å². The highest BCUT2D eigenvalue weighted by Crippen LogP contribution is 2.66.